The zero-order chi connectivity index (χ0) is 23.4. The summed E-state index contributed by atoms with van der Waals surface area (Å²) in [7, 11) is 1.61. The van der Waals surface area contributed by atoms with Gasteiger partial charge in [0.2, 0.25) is 11.8 Å². The molecule has 6 nitrogen and oxygen atoms in total. The van der Waals surface area contributed by atoms with Gasteiger partial charge in [-0.25, -0.2) is 4.39 Å². The SMILES string of the molecule is COc1ccc(-c2[nH]c3ccc(F)cc3c2CCC(=O)Nc2cccc(NC(C)=O)c2)cc1. The van der Waals surface area contributed by atoms with Crippen molar-refractivity contribution >= 4 is 34.1 Å². The number of methoxy groups -OCH3 is 1. The van der Waals surface area contributed by atoms with Gasteiger partial charge < -0.3 is 20.4 Å². The molecule has 0 unspecified atom stereocenters. The van der Waals surface area contributed by atoms with Crippen LogP contribution in [0.1, 0.15) is 18.9 Å². The van der Waals surface area contributed by atoms with Gasteiger partial charge in [-0.1, -0.05) is 6.07 Å². The Balaban J connectivity index is 1.56. The van der Waals surface area contributed by atoms with Gasteiger partial charge in [0, 0.05) is 41.3 Å². The molecular formula is C26H24FN3O3. The maximum Gasteiger partial charge on any atom is 0.224 e. The Morgan fingerprint density at radius 2 is 1.70 bits per heavy atom. The molecule has 0 radical (unpaired) electrons. The zero-order valence-corrected chi connectivity index (χ0v) is 18.4. The number of carbonyl (C=O) groups excluding carboxylic acids is 2. The number of aromatic nitrogens is 1. The van der Waals surface area contributed by atoms with Crippen molar-refractivity contribution in [1.29, 1.82) is 0 Å². The van der Waals surface area contributed by atoms with E-state index in [0.717, 1.165) is 33.5 Å². The van der Waals surface area contributed by atoms with E-state index in [4.69, 9.17) is 4.74 Å². The van der Waals surface area contributed by atoms with Crippen LogP contribution < -0.4 is 15.4 Å². The van der Waals surface area contributed by atoms with Gasteiger partial charge in [-0.15, -0.1) is 0 Å². The molecule has 3 aromatic carbocycles. The van der Waals surface area contributed by atoms with E-state index in [-0.39, 0.29) is 24.1 Å². The molecule has 33 heavy (non-hydrogen) atoms. The van der Waals surface area contributed by atoms with Crippen LogP contribution in [0.5, 0.6) is 5.75 Å². The number of hydrogen-bond acceptors (Lipinski definition) is 3. The molecule has 3 N–H and O–H groups in total. The van der Waals surface area contributed by atoms with Crippen LogP contribution in [0.25, 0.3) is 22.2 Å². The van der Waals surface area contributed by atoms with Gasteiger partial charge >= 0.3 is 0 Å². The Bertz CT molecular complexity index is 1310. The number of benzene rings is 3. The average Bonchev–Trinajstić information content (AvgIpc) is 3.15. The summed E-state index contributed by atoms with van der Waals surface area (Å²) >= 11 is 0. The molecule has 168 valence electrons. The lowest BCUT2D eigenvalue weighted by Gasteiger charge is -2.09. The Hall–Kier alpha value is -4.13. The van der Waals surface area contributed by atoms with Crippen molar-refractivity contribution < 1.29 is 18.7 Å². The molecule has 0 fully saturated rings. The van der Waals surface area contributed by atoms with Gasteiger partial charge in [0.05, 0.1) is 7.11 Å². The van der Waals surface area contributed by atoms with E-state index < -0.39 is 0 Å². The molecular weight excluding hydrogens is 421 g/mol. The second kappa shape index (κ2) is 9.56. The molecule has 0 saturated heterocycles. The Kier molecular flexibility index (Phi) is 6.40. The Labute approximate surface area is 190 Å². The molecule has 0 aliphatic carbocycles. The normalized spacial score (nSPS) is 10.8. The first-order chi connectivity index (χ1) is 15.9. The van der Waals surface area contributed by atoms with E-state index in [1.54, 1.807) is 37.4 Å². The van der Waals surface area contributed by atoms with E-state index in [1.807, 2.05) is 24.3 Å². The van der Waals surface area contributed by atoms with Gasteiger partial charge in [-0.2, -0.15) is 0 Å². The molecule has 0 aliphatic heterocycles. The Morgan fingerprint density at radius 3 is 2.39 bits per heavy atom. The molecule has 2 amide bonds. The number of nitrogens with one attached hydrogen (secondary N) is 3. The molecule has 7 heteroatoms. The van der Waals surface area contributed by atoms with E-state index in [1.165, 1.54) is 19.1 Å². The van der Waals surface area contributed by atoms with Gasteiger partial charge in [0.15, 0.2) is 0 Å². The third-order valence-corrected chi connectivity index (χ3v) is 5.32. The first-order valence-electron chi connectivity index (χ1n) is 10.5. The molecule has 1 heterocycles. The molecule has 4 rings (SSSR count). The van der Waals surface area contributed by atoms with Gasteiger partial charge in [0.25, 0.3) is 0 Å². The van der Waals surface area contributed by atoms with Crippen molar-refractivity contribution in [2.24, 2.45) is 0 Å². The maximum absolute atomic E-state index is 14.0. The van der Waals surface area contributed by atoms with Crippen LogP contribution in [-0.2, 0) is 16.0 Å². The minimum Gasteiger partial charge on any atom is -0.497 e. The number of anilines is 2. The molecule has 1 aromatic heterocycles. The third-order valence-electron chi connectivity index (χ3n) is 5.32. The molecule has 0 aliphatic rings. The van der Waals surface area contributed by atoms with Gasteiger partial charge in [-0.05, 0) is 78.2 Å². The van der Waals surface area contributed by atoms with E-state index in [2.05, 4.69) is 15.6 Å². The number of carbonyl (C=O) groups is 2. The first kappa shape index (κ1) is 22.1. The number of rotatable bonds is 7. The van der Waals surface area contributed by atoms with Crippen LogP contribution in [0.2, 0.25) is 0 Å². The monoisotopic (exact) mass is 445 g/mol. The number of fused-ring (bicyclic) bond motifs is 1. The van der Waals surface area contributed by atoms with Crippen molar-refractivity contribution in [3.05, 3.63) is 78.1 Å². The number of aryl methyl sites for hydroxylation is 1. The predicted octanol–water partition coefficient (Wildman–Crippen LogP) is 5.51. The highest BCUT2D eigenvalue weighted by Gasteiger charge is 2.16. The summed E-state index contributed by atoms with van der Waals surface area (Å²) in [6.45, 7) is 1.43. The summed E-state index contributed by atoms with van der Waals surface area (Å²) in [5.41, 5.74) is 4.64. The largest absolute Gasteiger partial charge is 0.497 e. The number of aromatic amines is 1. The van der Waals surface area contributed by atoms with Crippen LogP contribution in [0.4, 0.5) is 15.8 Å². The molecule has 4 aromatic rings. The van der Waals surface area contributed by atoms with Crippen LogP contribution in [0, 0.1) is 5.82 Å². The minimum absolute atomic E-state index is 0.179. The smallest absolute Gasteiger partial charge is 0.224 e. The van der Waals surface area contributed by atoms with Crippen LogP contribution in [0.3, 0.4) is 0 Å². The Morgan fingerprint density at radius 1 is 0.970 bits per heavy atom. The number of hydrogen-bond donors (Lipinski definition) is 3. The number of amides is 2. The lowest BCUT2D eigenvalue weighted by atomic mass is 10.0. The highest BCUT2D eigenvalue weighted by Crippen LogP contribution is 2.33. The fourth-order valence-electron chi connectivity index (χ4n) is 3.82. The number of halogens is 1. The summed E-state index contributed by atoms with van der Waals surface area (Å²) in [5.74, 6) is 0.0455. The number of H-pyrrole nitrogens is 1. The van der Waals surface area contributed by atoms with Crippen molar-refractivity contribution in [3.8, 4) is 17.0 Å². The quantitative estimate of drug-likeness (QED) is 0.351. The summed E-state index contributed by atoms with van der Waals surface area (Å²) in [6.07, 6.45) is 0.624. The van der Waals surface area contributed by atoms with E-state index in [0.29, 0.717) is 17.8 Å². The lowest BCUT2D eigenvalue weighted by Crippen LogP contribution is -2.13. The van der Waals surface area contributed by atoms with Crippen LogP contribution >= 0.6 is 0 Å². The van der Waals surface area contributed by atoms with Crippen LogP contribution in [-0.4, -0.2) is 23.9 Å². The highest BCUT2D eigenvalue weighted by molar-refractivity contribution is 5.95. The second-order valence-electron chi connectivity index (χ2n) is 7.71. The van der Waals surface area contributed by atoms with E-state index >= 15 is 0 Å². The molecule has 0 atom stereocenters. The summed E-state index contributed by atoms with van der Waals surface area (Å²) in [4.78, 5) is 27.3. The van der Waals surface area contributed by atoms with Crippen molar-refractivity contribution in [3.63, 3.8) is 0 Å². The van der Waals surface area contributed by atoms with Crippen LogP contribution in [0.15, 0.2) is 66.7 Å². The van der Waals surface area contributed by atoms with E-state index in [9.17, 15) is 14.0 Å². The molecule has 0 saturated carbocycles. The van der Waals surface area contributed by atoms with Gasteiger partial charge in [0.1, 0.15) is 11.6 Å². The lowest BCUT2D eigenvalue weighted by molar-refractivity contribution is -0.116. The molecule has 0 spiro atoms. The maximum atomic E-state index is 14.0. The minimum atomic E-state index is -0.330. The summed E-state index contributed by atoms with van der Waals surface area (Å²) in [5, 5.41) is 6.31. The predicted molar refractivity (Wildman–Crippen MR) is 128 cm³/mol. The zero-order valence-electron chi connectivity index (χ0n) is 18.4. The van der Waals surface area contributed by atoms with Crippen molar-refractivity contribution in [2.75, 3.05) is 17.7 Å². The third kappa shape index (κ3) is 5.20. The standard InChI is InChI=1S/C26H24FN3O3/c1-16(31)28-19-4-3-5-20(15-19)29-25(32)13-11-22-23-14-18(27)8-12-24(23)30-26(22)17-6-9-21(33-2)10-7-17/h3-10,12,14-15,30H,11,13H2,1-2H3,(H,28,31)(H,29,32). The fourth-order valence-corrected chi connectivity index (χ4v) is 3.82. The first-order valence-corrected chi connectivity index (χ1v) is 10.5. The van der Waals surface area contributed by atoms with Gasteiger partial charge in [-0.3, -0.25) is 9.59 Å². The topological polar surface area (TPSA) is 83.2 Å². The van der Waals surface area contributed by atoms with Crippen molar-refractivity contribution in [1.82, 2.24) is 4.98 Å². The fraction of sp³-hybridized carbons (Fsp3) is 0.154. The number of ether oxygens (including phenoxy) is 1. The highest BCUT2D eigenvalue weighted by atomic mass is 19.1. The summed E-state index contributed by atoms with van der Waals surface area (Å²) in [6, 6.07) is 19.1. The second-order valence-corrected chi connectivity index (χ2v) is 7.71. The van der Waals surface area contributed by atoms with Crippen molar-refractivity contribution in [2.45, 2.75) is 19.8 Å². The summed E-state index contributed by atoms with van der Waals surface area (Å²) < 4.78 is 19.2. The average molecular weight is 445 g/mol. The molecule has 0 bridgehead atoms.